The maximum atomic E-state index is 12.6. The van der Waals surface area contributed by atoms with Crippen LogP contribution < -0.4 is 11.1 Å². The smallest absolute Gasteiger partial charge is 0.220 e. The van der Waals surface area contributed by atoms with Crippen LogP contribution in [0.2, 0.25) is 0 Å². The molecule has 0 saturated heterocycles. The van der Waals surface area contributed by atoms with E-state index in [9.17, 15) is 4.79 Å². The lowest BCUT2D eigenvalue weighted by Gasteiger charge is -2.27. The first kappa shape index (κ1) is 20.5. The lowest BCUT2D eigenvalue weighted by Crippen LogP contribution is -2.39. The molecule has 2 aromatic carbocycles. The van der Waals surface area contributed by atoms with Gasteiger partial charge in [-0.05, 0) is 36.8 Å². The molecule has 0 bridgehead atoms. The zero-order chi connectivity index (χ0) is 17.6. The van der Waals surface area contributed by atoms with E-state index in [0.717, 1.165) is 19.3 Å². The summed E-state index contributed by atoms with van der Waals surface area (Å²) >= 11 is 0. The molecule has 1 aliphatic rings. The molecule has 0 aliphatic heterocycles. The fourth-order valence-corrected chi connectivity index (χ4v) is 4.04. The maximum absolute atomic E-state index is 12.6. The SMILES string of the molecule is CC(NC(=O)C[C@@H]1CCC[C@H]1N)C(c1ccccc1)c1ccccc1.Cl. The highest BCUT2D eigenvalue weighted by atomic mass is 35.5. The van der Waals surface area contributed by atoms with Crippen molar-refractivity contribution in [3.8, 4) is 0 Å². The summed E-state index contributed by atoms with van der Waals surface area (Å²) in [5, 5.41) is 3.23. The first-order chi connectivity index (χ1) is 12.1. The van der Waals surface area contributed by atoms with Crippen molar-refractivity contribution in [3.63, 3.8) is 0 Å². The van der Waals surface area contributed by atoms with Crippen molar-refractivity contribution in [1.82, 2.24) is 5.32 Å². The van der Waals surface area contributed by atoms with E-state index in [2.05, 4.69) is 60.8 Å². The zero-order valence-corrected chi connectivity index (χ0v) is 16.1. The van der Waals surface area contributed by atoms with E-state index in [4.69, 9.17) is 5.73 Å². The van der Waals surface area contributed by atoms with Crippen LogP contribution in [0.4, 0.5) is 0 Å². The second-order valence-corrected chi connectivity index (χ2v) is 7.21. The van der Waals surface area contributed by atoms with Gasteiger partial charge in [0.05, 0.1) is 0 Å². The van der Waals surface area contributed by atoms with E-state index in [1.165, 1.54) is 11.1 Å². The number of hydrogen-bond donors (Lipinski definition) is 2. The van der Waals surface area contributed by atoms with Crippen molar-refractivity contribution in [2.24, 2.45) is 11.7 Å². The van der Waals surface area contributed by atoms with Gasteiger partial charge >= 0.3 is 0 Å². The highest BCUT2D eigenvalue weighted by Crippen LogP contribution is 2.29. The summed E-state index contributed by atoms with van der Waals surface area (Å²) in [4.78, 5) is 12.6. The molecule has 3 N–H and O–H groups in total. The van der Waals surface area contributed by atoms with Gasteiger partial charge in [-0.3, -0.25) is 4.79 Å². The van der Waals surface area contributed by atoms with Crippen LogP contribution in [0.3, 0.4) is 0 Å². The molecule has 0 spiro atoms. The number of halogens is 1. The minimum absolute atomic E-state index is 0. The van der Waals surface area contributed by atoms with Gasteiger partial charge in [-0.25, -0.2) is 0 Å². The van der Waals surface area contributed by atoms with Gasteiger partial charge in [0.2, 0.25) is 5.91 Å². The van der Waals surface area contributed by atoms with Crippen molar-refractivity contribution < 1.29 is 4.79 Å². The number of amides is 1. The van der Waals surface area contributed by atoms with Crippen LogP contribution >= 0.6 is 12.4 Å². The van der Waals surface area contributed by atoms with E-state index < -0.39 is 0 Å². The number of benzene rings is 2. The van der Waals surface area contributed by atoms with E-state index in [1.807, 2.05) is 12.1 Å². The normalized spacial score (nSPS) is 20.4. The van der Waals surface area contributed by atoms with Crippen LogP contribution in [0.25, 0.3) is 0 Å². The average Bonchev–Trinajstić information content (AvgIpc) is 3.01. The number of nitrogens with one attached hydrogen (secondary N) is 1. The molecule has 1 aliphatic carbocycles. The molecule has 0 radical (unpaired) electrons. The Morgan fingerprint density at radius 3 is 2.04 bits per heavy atom. The highest BCUT2D eigenvalue weighted by Gasteiger charge is 2.28. The molecule has 1 fully saturated rings. The molecule has 0 aromatic heterocycles. The molecule has 3 nitrogen and oxygen atoms in total. The quantitative estimate of drug-likeness (QED) is 0.795. The lowest BCUT2D eigenvalue weighted by atomic mass is 9.85. The Morgan fingerprint density at radius 1 is 1.04 bits per heavy atom. The van der Waals surface area contributed by atoms with Crippen molar-refractivity contribution in [1.29, 1.82) is 0 Å². The summed E-state index contributed by atoms with van der Waals surface area (Å²) in [6, 6.07) is 21.0. The highest BCUT2D eigenvalue weighted by molar-refractivity contribution is 5.85. The van der Waals surface area contributed by atoms with Gasteiger partial charge in [0.15, 0.2) is 0 Å². The fourth-order valence-electron chi connectivity index (χ4n) is 4.04. The maximum Gasteiger partial charge on any atom is 0.220 e. The number of hydrogen-bond acceptors (Lipinski definition) is 2. The Morgan fingerprint density at radius 2 is 1.58 bits per heavy atom. The summed E-state index contributed by atoms with van der Waals surface area (Å²) in [6.45, 7) is 2.09. The average molecular weight is 373 g/mol. The molecule has 3 rings (SSSR count). The van der Waals surface area contributed by atoms with Crippen LogP contribution in [0.1, 0.15) is 49.7 Å². The minimum atomic E-state index is 0. The van der Waals surface area contributed by atoms with Gasteiger partial charge in [0.25, 0.3) is 0 Å². The van der Waals surface area contributed by atoms with Gasteiger partial charge in [-0.2, -0.15) is 0 Å². The molecule has 1 amide bonds. The summed E-state index contributed by atoms with van der Waals surface area (Å²) in [5.74, 6) is 0.592. The monoisotopic (exact) mass is 372 g/mol. The number of carbonyl (C=O) groups is 1. The van der Waals surface area contributed by atoms with E-state index in [1.54, 1.807) is 0 Å². The second-order valence-electron chi connectivity index (χ2n) is 7.21. The summed E-state index contributed by atoms with van der Waals surface area (Å²) in [6.07, 6.45) is 3.81. The summed E-state index contributed by atoms with van der Waals surface area (Å²) in [7, 11) is 0. The molecule has 4 heteroatoms. The van der Waals surface area contributed by atoms with Crippen molar-refractivity contribution >= 4 is 18.3 Å². The van der Waals surface area contributed by atoms with E-state index in [-0.39, 0.29) is 36.3 Å². The van der Waals surface area contributed by atoms with Crippen molar-refractivity contribution in [3.05, 3.63) is 71.8 Å². The molecule has 2 aromatic rings. The van der Waals surface area contributed by atoms with Crippen LogP contribution in [0, 0.1) is 5.92 Å². The van der Waals surface area contributed by atoms with Gasteiger partial charge < -0.3 is 11.1 Å². The molecule has 26 heavy (non-hydrogen) atoms. The predicted octanol–water partition coefficient (Wildman–Crippen LogP) is 4.26. The fraction of sp³-hybridized carbons (Fsp3) is 0.409. The molecule has 1 saturated carbocycles. The van der Waals surface area contributed by atoms with Crippen LogP contribution in [-0.4, -0.2) is 18.0 Å². The van der Waals surface area contributed by atoms with Crippen molar-refractivity contribution in [2.45, 2.75) is 50.6 Å². The Balaban J connectivity index is 0.00000243. The van der Waals surface area contributed by atoms with E-state index in [0.29, 0.717) is 12.3 Å². The van der Waals surface area contributed by atoms with Crippen molar-refractivity contribution in [2.75, 3.05) is 0 Å². The zero-order valence-electron chi connectivity index (χ0n) is 15.3. The minimum Gasteiger partial charge on any atom is -0.353 e. The Hall–Kier alpha value is -1.84. The van der Waals surface area contributed by atoms with Gasteiger partial charge in [-0.1, -0.05) is 67.1 Å². The number of carbonyl (C=O) groups excluding carboxylic acids is 1. The molecule has 0 heterocycles. The van der Waals surface area contributed by atoms with Gasteiger partial charge in [0.1, 0.15) is 0 Å². The molecule has 1 unspecified atom stereocenters. The summed E-state index contributed by atoms with van der Waals surface area (Å²) < 4.78 is 0. The third-order valence-electron chi connectivity index (χ3n) is 5.37. The Labute approximate surface area is 162 Å². The number of rotatable bonds is 6. The lowest BCUT2D eigenvalue weighted by molar-refractivity contribution is -0.122. The van der Waals surface area contributed by atoms with E-state index >= 15 is 0 Å². The Bertz CT molecular complexity index is 638. The second kappa shape index (κ2) is 9.75. The molecular weight excluding hydrogens is 344 g/mol. The van der Waals surface area contributed by atoms with Crippen LogP contribution in [0.15, 0.2) is 60.7 Å². The van der Waals surface area contributed by atoms with Crippen LogP contribution in [-0.2, 0) is 4.79 Å². The van der Waals surface area contributed by atoms with Gasteiger partial charge in [0, 0.05) is 24.4 Å². The third kappa shape index (κ3) is 5.09. The molecule has 3 atom stereocenters. The molecular formula is C22H29ClN2O. The Kier molecular flexibility index (Phi) is 7.67. The largest absolute Gasteiger partial charge is 0.353 e. The molecule has 140 valence electrons. The first-order valence-corrected chi connectivity index (χ1v) is 9.30. The van der Waals surface area contributed by atoms with Gasteiger partial charge in [-0.15, -0.1) is 12.4 Å². The van der Waals surface area contributed by atoms with Crippen LogP contribution in [0.5, 0.6) is 0 Å². The topological polar surface area (TPSA) is 55.1 Å². The predicted molar refractivity (Wildman–Crippen MR) is 110 cm³/mol. The summed E-state index contributed by atoms with van der Waals surface area (Å²) in [5.41, 5.74) is 8.56. The standard InChI is InChI=1S/C22H28N2O.ClH/c1-16(24-21(25)15-19-13-8-14-20(19)23)22(17-9-4-2-5-10-17)18-11-6-3-7-12-18;/h2-7,9-12,16,19-20,22H,8,13-15,23H2,1H3,(H,24,25);1H/t16?,19-,20+;/m0./s1. The first-order valence-electron chi connectivity index (χ1n) is 9.30. The number of nitrogens with two attached hydrogens (primary N) is 1. The third-order valence-corrected chi connectivity index (χ3v) is 5.37.